The van der Waals surface area contributed by atoms with Gasteiger partial charge in [0.15, 0.2) is 5.82 Å². The molecule has 164 valence electrons. The first-order valence-corrected chi connectivity index (χ1v) is 11.6. The smallest absolute Gasteiger partial charge is 0.157 e. The highest BCUT2D eigenvalue weighted by Gasteiger charge is 2.39. The fourth-order valence-corrected chi connectivity index (χ4v) is 5.31. The van der Waals surface area contributed by atoms with Gasteiger partial charge in [-0.05, 0) is 49.4 Å². The van der Waals surface area contributed by atoms with Crippen LogP contribution in [-0.2, 0) is 6.54 Å². The molecule has 3 aromatic rings. The number of fused-ring (bicyclic) bond motifs is 3. The molecule has 0 saturated carbocycles. The van der Waals surface area contributed by atoms with E-state index in [1.807, 2.05) is 25.1 Å². The van der Waals surface area contributed by atoms with Crippen LogP contribution < -0.4 is 0 Å². The number of rotatable bonds is 5. The number of aryl methyl sites for hydroxylation is 1. The zero-order valence-corrected chi connectivity index (χ0v) is 19.0. The van der Waals surface area contributed by atoms with Crippen LogP contribution in [0.4, 0.5) is 0 Å². The Balaban J connectivity index is 1.36. The van der Waals surface area contributed by atoms with E-state index in [9.17, 15) is 0 Å². The molecule has 3 aliphatic rings. The Bertz CT molecular complexity index is 1220. The molecule has 0 bridgehead atoms. The van der Waals surface area contributed by atoms with E-state index in [-0.39, 0.29) is 12.1 Å². The monoisotopic (exact) mass is 447 g/mol. The van der Waals surface area contributed by atoms with E-state index in [1.165, 1.54) is 5.56 Å². The zero-order valence-electron chi connectivity index (χ0n) is 18.3. The maximum absolute atomic E-state index is 6.29. The summed E-state index contributed by atoms with van der Waals surface area (Å²) < 4.78 is 4.36. The van der Waals surface area contributed by atoms with Crippen molar-refractivity contribution in [2.45, 2.75) is 38.5 Å². The van der Waals surface area contributed by atoms with Crippen molar-refractivity contribution in [3.63, 3.8) is 0 Å². The molecule has 3 aliphatic heterocycles. The molecule has 0 aliphatic carbocycles. The lowest BCUT2D eigenvalue weighted by Crippen LogP contribution is -2.47. The van der Waals surface area contributed by atoms with Crippen LogP contribution in [0.2, 0.25) is 5.02 Å². The van der Waals surface area contributed by atoms with Crippen molar-refractivity contribution in [2.24, 2.45) is 0 Å². The molecule has 0 radical (unpaired) electrons. The number of likely N-dealkylation sites (tertiary alicyclic amines) is 1. The molecule has 2 aromatic heterocycles. The van der Waals surface area contributed by atoms with Crippen molar-refractivity contribution in [3.8, 4) is 0 Å². The molecule has 2 atom stereocenters. The molecule has 2 unspecified atom stereocenters. The van der Waals surface area contributed by atoms with E-state index in [0.717, 1.165) is 54.2 Å². The van der Waals surface area contributed by atoms with Gasteiger partial charge in [-0.1, -0.05) is 36.7 Å². The van der Waals surface area contributed by atoms with Crippen LogP contribution in [0.1, 0.15) is 41.9 Å². The van der Waals surface area contributed by atoms with Gasteiger partial charge in [0, 0.05) is 30.9 Å². The number of nitrogens with zero attached hydrogens (tertiary/aromatic N) is 7. The lowest BCUT2D eigenvalue weighted by molar-refractivity contribution is 0.105. The molecule has 5 heterocycles. The lowest BCUT2D eigenvalue weighted by Gasteiger charge is -2.38. The molecule has 8 heteroatoms. The Hall–Kier alpha value is -2.90. The summed E-state index contributed by atoms with van der Waals surface area (Å²) in [5.41, 5.74) is 3.34. The van der Waals surface area contributed by atoms with Crippen LogP contribution in [-0.4, -0.2) is 60.0 Å². The molecule has 0 N–H and O–H groups in total. The number of benzene rings is 1. The predicted octanol–water partition coefficient (Wildman–Crippen LogP) is 3.81. The second kappa shape index (κ2) is 7.60. The average Bonchev–Trinajstić information content (AvgIpc) is 3.45. The lowest BCUT2D eigenvalue weighted by atomic mass is 10.1. The number of halogens is 1. The van der Waals surface area contributed by atoms with Crippen LogP contribution in [0.15, 0.2) is 48.7 Å². The third-order valence-electron chi connectivity index (χ3n) is 6.85. The highest BCUT2D eigenvalue weighted by atomic mass is 35.5. The molecular weight excluding hydrogens is 422 g/mol. The summed E-state index contributed by atoms with van der Waals surface area (Å²) in [5.74, 6) is 1.84. The fraction of sp³-hybridized carbons (Fsp3) is 0.375. The quantitative estimate of drug-likeness (QED) is 0.595. The van der Waals surface area contributed by atoms with E-state index in [0.29, 0.717) is 6.04 Å². The minimum atomic E-state index is 0.142. The second-order valence-corrected chi connectivity index (χ2v) is 9.25. The van der Waals surface area contributed by atoms with Gasteiger partial charge in [-0.25, -0.2) is 0 Å². The first-order chi connectivity index (χ1) is 15.6. The van der Waals surface area contributed by atoms with Crippen LogP contribution in [0.25, 0.3) is 11.8 Å². The second-order valence-electron chi connectivity index (χ2n) is 8.81. The summed E-state index contributed by atoms with van der Waals surface area (Å²) in [6.45, 7) is 8.22. The van der Waals surface area contributed by atoms with Gasteiger partial charge in [0.2, 0.25) is 0 Å². The van der Waals surface area contributed by atoms with Crippen LogP contribution in [0.5, 0.6) is 0 Å². The molecule has 1 saturated heterocycles. The number of aromatic nitrogens is 5. The summed E-state index contributed by atoms with van der Waals surface area (Å²) in [7, 11) is 0. The third kappa shape index (κ3) is 3.19. The average molecular weight is 448 g/mol. The summed E-state index contributed by atoms with van der Waals surface area (Å²) in [5, 5.41) is 14.4. The van der Waals surface area contributed by atoms with E-state index in [1.54, 1.807) is 0 Å². The van der Waals surface area contributed by atoms with Gasteiger partial charge in [-0.2, -0.15) is 5.10 Å². The summed E-state index contributed by atoms with van der Waals surface area (Å²) in [6, 6.07) is 11.0. The Morgan fingerprint density at radius 1 is 1.12 bits per heavy atom. The van der Waals surface area contributed by atoms with Gasteiger partial charge in [0.1, 0.15) is 11.5 Å². The van der Waals surface area contributed by atoms with Gasteiger partial charge in [-0.15, -0.1) is 10.2 Å². The highest BCUT2D eigenvalue weighted by molar-refractivity contribution is 6.30. The van der Waals surface area contributed by atoms with E-state index in [4.69, 9.17) is 16.7 Å². The maximum Gasteiger partial charge on any atom is 0.157 e. The van der Waals surface area contributed by atoms with Crippen LogP contribution in [0, 0.1) is 6.92 Å². The summed E-state index contributed by atoms with van der Waals surface area (Å²) in [6.07, 6.45) is 8.77. The third-order valence-corrected chi connectivity index (χ3v) is 7.09. The van der Waals surface area contributed by atoms with Crippen LogP contribution in [0.3, 0.4) is 0 Å². The van der Waals surface area contributed by atoms with Crippen molar-refractivity contribution in [2.75, 3.05) is 19.6 Å². The molecule has 1 fully saturated rings. The van der Waals surface area contributed by atoms with Crippen molar-refractivity contribution in [3.05, 3.63) is 76.6 Å². The summed E-state index contributed by atoms with van der Waals surface area (Å²) in [4.78, 5) is 4.86. The predicted molar refractivity (Wildman–Crippen MR) is 125 cm³/mol. The van der Waals surface area contributed by atoms with Crippen molar-refractivity contribution in [1.82, 2.24) is 34.3 Å². The Kier molecular flexibility index (Phi) is 4.69. The molecule has 32 heavy (non-hydrogen) atoms. The Morgan fingerprint density at radius 2 is 2.00 bits per heavy atom. The number of hydrogen-bond donors (Lipinski definition) is 0. The van der Waals surface area contributed by atoms with Gasteiger partial charge >= 0.3 is 0 Å². The SMILES string of the molecule is CCN1CC(n2ccc(C3=CC4C(C=Cc5nnc(C)n54)N3Cc3cccc(Cl)c3)n2)C1. The molecule has 1 aromatic carbocycles. The van der Waals surface area contributed by atoms with Crippen molar-refractivity contribution < 1.29 is 0 Å². The summed E-state index contributed by atoms with van der Waals surface area (Å²) >= 11 is 6.29. The largest absolute Gasteiger partial charge is 0.357 e. The molecule has 7 nitrogen and oxygen atoms in total. The van der Waals surface area contributed by atoms with E-state index < -0.39 is 0 Å². The minimum absolute atomic E-state index is 0.142. The highest BCUT2D eigenvalue weighted by Crippen LogP contribution is 2.41. The number of hydrogen-bond acceptors (Lipinski definition) is 5. The maximum atomic E-state index is 6.29. The fourth-order valence-electron chi connectivity index (χ4n) is 5.10. The van der Waals surface area contributed by atoms with Gasteiger partial charge in [0.05, 0.1) is 23.8 Å². The van der Waals surface area contributed by atoms with Gasteiger partial charge in [-0.3, -0.25) is 9.58 Å². The Morgan fingerprint density at radius 3 is 2.81 bits per heavy atom. The Labute approximate surface area is 192 Å². The van der Waals surface area contributed by atoms with Crippen LogP contribution >= 0.6 is 11.6 Å². The van der Waals surface area contributed by atoms with Crippen molar-refractivity contribution >= 4 is 23.4 Å². The first-order valence-electron chi connectivity index (χ1n) is 11.2. The molecule has 0 amide bonds. The topological polar surface area (TPSA) is 55.0 Å². The van der Waals surface area contributed by atoms with E-state index >= 15 is 0 Å². The first kappa shape index (κ1) is 19.8. The van der Waals surface area contributed by atoms with Gasteiger partial charge < -0.3 is 9.47 Å². The molecule has 0 spiro atoms. The normalized spacial score (nSPS) is 22.6. The molecular formula is C24H26ClN7. The number of likely N-dealkylation sites (N-methyl/N-ethyl adjacent to an activating group) is 1. The van der Waals surface area contributed by atoms with Crippen molar-refractivity contribution in [1.29, 1.82) is 0 Å². The standard InChI is InChI=1S/C24H26ClN7/c1-3-29-14-19(15-29)31-10-9-20(28-31)22-12-23-21(7-8-24-27-26-16(2)32(23)24)30(22)13-17-5-4-6-18(25)11-17/h4-12,19,21,23H,3,13-15H2,1-2H3. The van der Waals surface area contributed by atoms with Gasteiger partial charge in [0.25, 0.3) is 0 Å². The zero-order chi connectivity index (χ0) is 21.8. The minimum Gasteiger partial charge on any atom is -0.357 e. The van der Waals surface area contributed by atoms with E-state index in [2.05, 4.69) is 72.7 Å². The molecule has 6 rings (SSSR count).